The van der Waals surface area contributed by atoms with Crippen molar-refractivity contribution in [1.29, 1.82) is 0 Å². The zero-order valence-corrected chi connectivity index (χ0v) is 18.6. The summed E-state index contributed by atoms with van der Waals surface area (Å²) in [6.45, 7) is 2.82. The highest BCUT2D eigenvalue weighted by Crippen LogP contribution is 2.29. The summed E-state index contributed by atoms with van der Waals surface area (Å²) < 4.78 is 13.6. The second-order valence-corrected chi connectivity index (χ2v) is 9.14. The van der Waals surface area contributed by atoms with Gasteiger partial charge in [0.2, 0.25) is 0 Å². The average molecular weight is 459 g/mol. The van der Waals surface area contributed by atoms with Gasteiger partial charge in [0.1, 0.15) is 18.5 Å². The molecule has 2 aromatic rings. The summed E-state index contributed by atoms with van der Waals surface area (Å²) in [5.74, 6) is 1.01. The topological polar surface area (TPSA) is 76.9 Å². The Morgan fingerprint density at radius 3 is 2.75 bits per heavy atom. The van der Waals surface area contributed by atoms with Crippen molar-refractivity contribution in [2.75, 3.05) is 32.8 Å². The molecule has 4 heterocycles. The second kappa shape index (κ2) is 9.11. The number of rotatable bonds is 3. The van der Waals surface area contributed by atoms with Gasteiger partial charge in [-0.25, -0.2) is 9.48 Å². The standard InChI is InChI=1S/C23H27ClN4O4/c24-20-3-2-19(13-21(20)28-8-1-7-25-28)32-18-4-9-26(10-5-18)23(30)27-11-6-22-16(14-27)12-17(29)15-31-22/h1-3,7-8,13,16,18,22H,4-6,9-12,14-15H2/t16-,22+/m1/s1. The second-order valence-electron chi connectivity index (χ2n) is 8.74. The van der Waals surface area contributed by atoms with Gasteiger partial charge in [0.05, 0.1) is 16.8 Å². The van der Waals surface area contributed by atoms with Gasteiger partial charge in [0.15, 0.2) is 5.78 Å². The number of nitrogens with zero attached hydrogens (tertiary/aromatic N) is 4. The molecule has 0 radical (unpaired) electrons. The number of Topliss-reactive ketones (excluding diaryl/α,β-unsaturated/α-hetero) is 1. The lowest BCUT2D eigenvalue weighted by Gasteiger charge is -2.43. The first-order valence-corrected chi connectivity index (χ1v) is 11.6. The Balaban J connectivity index is 1.15. The van der Waals surface area contributed by atoms with Gasteiger partial charge in [-0.3, -0.25) is 4.79 Å². The maximum atomic E-state index is 13.0. The molecule has 9 heteroatoms. The molecule has 3 aliphatic rings. The average Bonchev–Trinajstić information content (AvgIpc) is 3.34. The molecule has 2 atom stereocenters. The number of hydrogen-bond acceptors (Lipinski definition) is 5. The van der Waals surface area contributed by atoms with Crippen molar-refractivity contribution in [2.45, 2.75) is 37.9 Å². The lowest BCUT2D eigenvalue weighted by Crippen LogP contribution is -2.55. The van der Waals surface area contributed by atoms with E-state index in [2.05, 4.69) is 5.10 Å². The van der Waals surface area contributed by atoms with Gasteiger partial charge >= 0.3 is 6.03 Å². The van der Waals surface area contributed by atoms with E-state index in [1.807, 2.05) is 40.3 Å². The van der Waals surface area contributed by atoms with Crippen molar-refractivity contribution in [2.24, 2.45) is 5.92 Å². The Labute approximate surface area is 192 Å². The molecular formula is C23H27ClN4O4. The Bertz CT molecular complexity index is 974. The smallest absolute Gasteiger partial charge is 0.320 e. The number of aromatic nitrogens is 2. The molecular weight excluding hydrogens is 432 g/mol. The molecule has 1 aromatic heterocycles. The lowest BCUT2D eigenvalue weighted by atomic mass is 9.88. The van der Waals surface area contributed by atoms with Crippen LogP contribution in [-0.4, -0.2) is 76.4 Å². The molecule has 0 N–H and O–H groups in total. The monoisotopic (exact) mass is 458 g/mol. The van der Waals surface area contributed by atoms with Crippen molar-refractivity contribution in [3.63, 3.8) is 0 Å². The van der Waals surface area contributed by atoms with Gasteiger partial charge in [-0.2, -0.15) is 5.10 Å². The Kier molecular flexibility index (Phi) is 6.06. The number of halogens is 1. The SMILES string of the molecule is O=C1CO[C@H]2CCN(C(=O)N3CCC(Oc4ccc(Cl)c(-n5cccn5)c4)CC3)C[C@H]2C1. The molecule has 2 amide bonds. The van der Waals surface area contributed by atoms with Crippen LogP contribution < -0.4 is 4.74 Å². The van der Waals surface area contributed by atoms with Crippen LogP contribution in [0.25, 0.3) is 5.69 Å². The number of amides is 2. The number of likely N-dealkylation sites (tertiary alicyclic amines) is 2. The van der Waals surface area contributed by atoms with Crippen LogP contribution in [0.5, 0.6) is 5.75 Å². The van der Waals surface area contributed by atoms with E-state index in [9.17, 15) is 9.59 Å². The van der Waals surface area contributed by atoms with Crippen molar-refractivity contribution >= 4 is 23.4 Å². The fourth-order valence-corrected chi connectivity index (χ4v) is 5.07. The Morgan fingerprint density at radius 1 is 1.16 bits per heavy atom. The molecule has 0 spiro atoms. The molecule has 3 fully saturated rings. The number of benzene rings is 1. The van der Waals surface area contributed by atoms with Gasteiger partial charge in [-0.05, 0) is 24.6 Å². The first-order chi connectivity index (χ1) is 15.6. The van der Waals surface area contributed by atoms with Crippen LogP contribution in [-0.2, 0) is 9.53 Å². The number of fused-ring (bicyclic) bond motifs is 1. The number of carbonyl (C=O) groups excluding carboxylic acids is 2. The molecule has 1 aromatic carbocycles. The van der Waals surface area contributed by atoms with Crippen LogP contribution in [0, 0.1) is 5.92 Å². The summed E-state index contributed by atoms with van der Waals surface area (Å²) in [6, 6.07) is 7.48. The zero-order valence-electron chi connectivity index (χ0n) is 17.9. The fraction of sp³-hybridized carbons (Fsp3) is 0.522. The Morgan fingerprint density at radius 2 is 1.97 bits per heavy atom. The summed E-state index contributed by atoms with van der Waals surface area (Å²) in [7, 11) is 0. The molecule has 5 rings (SSSR count). The normalized spacial score (nSPS) is 24.3. The highest BCUT2D eigenvalue weighted by molar-refractivity contribution is 6.32. The molecule has 3 saturated heterocycles. The number of hydrogen-bond donors (Lipinski definition) is 0. The van der Waals surface area contributed by atoms with Gasteiger partial charge < -0.3 is 19.3 Å². The summed E-state index contributed by atoms with van der Waals surface area (Å²) in [5, 5.41) is 4.85. The summed E-state index contributed by atoms with van der Waals surface area (Å²) in [4.78, 5) is 28.6. The molecule has 32 heavy (non-hydrogen) atoms. The van der Waals surface area contributed by atoms with E-state index in [1.54, 1.807) is 10.9 Å². The van der Waals surface area contributed by atoms with E-state index in [0.717, 1.165) is 30.7 Å². The zero-order chi connectivity index (χ0) is 22.1. The minimum absolute atomic E-state index is 0.0424. The largest absolute Gasteiger partial charge is 0.490 e. The van der Waals surface area contributed by atoms with Crippen LogP contribution in [0.1, 0.15) is 25.7 Å². The van der Waals surface area contributed by atoms with Crippen molar-refractivity contribution < 1.29 is 19.1 Å². The number of carbonyl (C=O) groups is 2. The van der Waals surface area contributed by atoms with Crippen LogP contribution in [0.2, 0.25) is 5.02 Å². The minimum Gasteiger partial charge on any atom is -0.490 e. The van der Waals surface area contributed by atoms with Crippen molar-refractivity contribution in [1.82, 2.24) is 19.6 Å². The van der Waals surface area contributed by atoms with Crippen molar-refractivity contribution in [3.8, 4) is 11.4 Å². The van der Waals surface area contributed by atoms with Crippen molar-refractivity contribution in [3.05, 3.63) is 41.7 Å². The highest BCUT2D eigenvalue weighted by atomic mass is 35.5. The maximum absolute atomic E-state index is 13.0. The lowest BCUT2D eigenvalue weighted by molar-refractivity contribution is -0.140. The van der Waals surface area contributed by atoms with E-state index in [4.69, 9.17) is 21.1 Å². The van der Waals surface area contributed by atoms with E-state index >= 15 is 0 Å². The number of ether oxygens (including phenoxy) is 2. The Hall–Kier alpha value is -2.58. The van der Waals surface area contributed by atoms with Crippen LogP contribution >= 0.6 is 11.6 Å². The van der Waals surface area contributed by atoms with Gasteiger partial charge in [0.25, 0.3) is 0 Å². The fourth-order valence-electron chi connectivity index (χ4n) is 4.86. The number of piperidine rings is 2. The molecule has 170 valence electrons. The molecule has 3 aliphatic heterocycles. The van der Waals surface area contributed by atoms with E-state index in [1.165, 1.54) is 0 Å². The predicted molar refractivity (Wildman–Crippen MR) is 118 cm³/mol. The first kappa shape index (κ1) is 21.3. The third-order valence-electron chi connectivity index (χ3n) is 6.57. The molecule has 0 unspecified atom stereocenters. The maximum Gasteiger partial charge on any atom is 0.320 e. The molecule has 8 nitrogen and oxygen atoms in total. The summed E-state index contributed by atoms with van der Waals surface area (Å²) in [6.07, 6.45) is 6.57. The third-order valence-corrected chi connectivity index (χ3v) is 6.89. The van der Waals surface area contributed by atoms with E-state index < -0.39 is 0 Å². The van der Waals surface area contributed by atoms with Gasteiger partial charge in [0, 0.05) is 69.8 Å². The molecule has 0 aliphatic carbocycles. The first-order valence-electron chi connectivity index (χ1n) is 11.2. The summed E-state index contributed by atoms with van der Waals surface area (Å²) in [5.41, 5.74) is 0.773. The summed E-state index contributed by atoms with van der Waals surface area (Å²) >= 11 is 6.32. The predicted octanol–water partition coefficient (Wildman–Crippen LogP) is 3.17. The minimum atomic E-state index is 0.0424. The molecule has 0 bridgehead atoms. The van der Waals surface area contributed by atoms with Crippen LogP contribution in [0.3, 0.4) is 0 Å². The quantitative estimate of drug-likeness (QED) is 0.706. The van der Waals surface area contributed by atoms with Crippen LogP contribution in [0.15, 0.2) is 36.7 Å². The van der Waals surface area contributed by atoms with E-state index in [0.29, 0.717) is 37.6 Å². The third kappa shape index (κ3) is 4.47. The van der Waals surface area contributed by atoms with E-state index in [-0.39, 0.29) is 36.5 Å². The number of urea groups is 1. The molecule has 0 saturated carbocycles. The van der Waals surface area contributed by atoms with Gasteiger partial charge in [-0.1, -0.05) is 11.6 Å². The van der Waals surface area contributed by atoms with Gasteiger partial charge in [-0.15, -0.1) is 0 Å². The van der Waals surface area contributed by atoms with Crippen LogP contribution in [0.4, 0.5) is 4.79 Å². The number of ketones is 1. The highest BCUT2D eigenvalue weighted by Gasteiger charge is 2.38.